The summed E-state index contributed by atoms with van der Waals surface area (Å²) in [6.45, 7) is 3.59. The van der Waals surface area contributed by atoms with Crippen molar-refractivity contribution in [2.24, 2.45) is 0 Å². The number of carbonyl (C=O) groups is 3. The van der Waals surface area contributed by atoms with Crippen LogP contribution in [-0.4, -0.2) is 41.8 Å². The van der Waals surface area contributed by atoms with Crippen LogP contribution >= 0.6 is 11.9 Å². The number of allylic oxidation sites excluding steroid dienone is 1. The molecule has 1 N–H and O–H groups in total. The van der Waals surface area contributed by atoms with Gasteiger partial charge in [0.1, 0.15) is 12.6 Å². The molecule has 1 heterocycles. The van der Waals surface area contributed by atoms with E-state index in [0.29, 0.717) is 0 Å². The Kier molecular flexibility index (Phi) is 6.03. The highest BCUT2D eigenvalue weighted by Crippen LogP contribution is 2.35. The van der Waals surface area contributed by atoms with Crippen LogP contribution in [0.1, 0.15) is 19.4 Å². The lowest BCUT2D eigenvalue weighted by Crippen LogP contribution is -2.43. The van der Waals surface area contributed by atoms with Crippen molar-refractivity contribution in [3.05, 3.63) is 46.4 Å². The van der Waals surface area contributed by atoms with Crippen molar-refractivity contribution in [1.29, 1.82) is 0 Å². The van der Waals surface area contributed by atoms with Gasteiger partial charge in [0.05, 0.1) is 13.5 Å². The Bertz CT molecular complexity index is 668. The fourth-order valence-electron chi connectivity index (χ4n) is 2.27. The topological polar surface area (TPSA) is 75.7 Å². The van der Waals surface area contributed by atoms with E-state index in [-0.39, 0.29) is 24.8 Å². The summed E-state index contributed by atoms with van der Waals surface area (Å²) in [6.07, 6.45) is 0.197. The van der Waals surface area contributed by atoms with Crippen LogP contribution in [0.3, 0.4) is 0 Å². The predicted octanol–water partition coefficient (Wildman–Crippen LogP) is 1.67. The maximum absolute atomic E-state index is 12.5. The number of nitrogens with zero attached hydrogens (tertiary/aromatic N) is 1. The van der Waals surface area contributed by atoms with E-state index < -0.39 is 12.0 Å². The zero-order chi connectivity index (χ0) is 17.7. The molecule has 1 aliphatic rings. The Labute approximate surface area is 145 Å². The third kappa shape index (κ3) is 4.38. The molecule has 1 saturated heterocycles. The molecule has 0 bridgehead atoms. The van der Waals surface area contributed by atoms with Crippen LogP contribution in [0.25, 0.3) is 0 Å². The molecule has 0 saturated carbocycles. The van der Waals surface area contributed by atoms with Gasteiger partial charge in [-0.1, -0.05) is 35.9 Å². The summed E-state index contributed by atoms with van der Waals surface area (Å²) < 4.78 is 5.92. The van der Waals surface area contributed by atoms with Crippen molar-refractivity contribution in [3.63, 3.8) is 0 Å². The molecule has 6 nitrogen and oxygen atoms in total. The molecule has 24 heavy (non-hydrogen) atoms. The lowest BCUT2D eigenvalue weighted by atomic mass is 10.1. The summed E-state index contributed by atoms with van der Waals surface area (Å²) >= 11 is 1.17. The van der Waals surface area contributed by atoms with Crippen molar-refractivity contribution >= 4 is 29.7 Å². The minimum Gasteiger partial charge on any atom is -0.468 e. The van der Waals surface area contributed by atoms with E-state index in [1.54, 1.807) is 0 Å². The first-order valence-electron chi connectivity index (χ1n) is 7.49. The van der Waals surface area contributed by atoms with Crippen molar-refractivity contribution in [2.45, 2.75) is 26.3 Å². The number of hydrogen-bond acceptors (Lipinski definition) is 5. The van der Waals surface area contributed by atoms with Crippen LogP contribution in [0.5, 0.6) is 0 Å². The van der Waals surface area contributed by atoms with Crippen LogP contribution in [0, 0.1) is 0 Å². The molecular weight excluding hydrogens is 328 g/mol. The second-order valence-corrected chi connectivity index (χ2v) is 6.63. The van der Waals surface area contributed by atoms with E-state index in [1.165, 1.54) is 23.4 Å². The normalized spacial score (nSPS) is 17.0. The summed E-state index contributed by atoms with van der Waals surface area (Å²) in [7, 11) is 1.27. The SMILES string of the molecule is COC(=O)CN1SC(=C(C)C)C(NC(=O)Cc2ccccc2)C1=O. The van der Waals surface area contributed by atoms with Crippen molar-refractivity contribution in [2.75, 3.05) is 13.7 Å². The molecule has 0 spiro atoms. The number of methoxy groups -OCH3 is 1. The Morgan fingerprint density at radius 3 is 2.50 bits per heavy atom. The smallest absolute Gasteiger partial charge is 0.326 e. The number of carbonyl (C=O) groups excluding carboxylic acids is 3. The second-order valence-electron chi connectivity index (χ2n) is 5.57. The monoisotopic (exact) mass is 348 g/mol. The zero-order valence-corrected chi connectivity index (χ0v) is 14.7. The first kappa shape index (κ1) is 18.1. The number of ether oxygens (including phenoxy) is 1. The van der Waals surface area contributed by atoms with Crippen LogP contribution in [0.4, 0.5) is 0 Å². The second kappa shape index (κ2) is 8.01. The van der Waals surface area contributed by atoms with Gasteiger partial charge in [-0.25, -0.2) is 0 Å². The van der Waals surface area contributed by atoms with Crippen LogP contribution in [0.15, 0.2) is 40.8 Å². The Morgan fingerprint density at radius 1 is 1.25 bits per heavy atom. The Balaban J connectivity index is 2.09. The molecule has 128 valence electrons. The maximum Gasteiger partial charge on any atom is 0.326 e. The van der Waals surface area contributed by atoms with Crippen LogP contribution in [0.2, 0.25) is 0 Å². The lowest BCUT2D eigenvalue weighted by Gasteiger charge is -2.14. The average molecular weight is 348 g/mol. The number of hydrogen-bond donors (Lipinski definition) is 1. The molecule has 2 amide bonds. The number of esters is 1. The summed E-state index contributed by atoms with van der Waals surface area (Å²) in [5, 5.41) is 2.77. The predicted molar refractivity (Wildman–Crippen MR) is 91.8 cm³/mol. The first-order valence-corrected chi connectivity index (χ1v) is 8.26. The molecule has 0 radical (unpaired) electrons. The molecule has 1 aliphatic heterocycles. The Morgan fingerprint density at radius 2 is 1.92 bits per heavy atom. The molecule has 1 atom stereocenters. The number of amides is 2. The molecule has 0 aliphatic carbocycles. The zero-order valence-electron chi connectivity index (χ0n) is 13.9. The van der Waals surface area contributed by atoms with Gasteiger partial charge in [0.2, 0.25) is 5.91 Å². The third-order valence-corrected chi connectivity index (χ3v) is 4.84. The molecule has 2 rings (SSSR count). The lowest BCUT2D eigenvalue weighted by molar-refractivity contribution is -0.143. The van der Waals surface area contributed by atoms with Crippen LogP contribution < -0.4 is 5.32 Å². The van der Waals surface area contributed by atoms with Gasteiger partial charge in [-0.3, -0.25) is 18.7 Å². The van der Waals surface area contributed by atoms with Gasteiger partial charge < -0.3 is 10.1 Å². The maximum atomic E-state index is 12.5. The van der Waals surface area contributed by atoms with Gasteiger partial charge in [-0.15, -0.1) is 0 Å². The van der Waals surface area contributed by atoms with Gasteiger partial charge in [-0.2, -0.15) is 0 Å². The minimum atomic E-state index is -0.749. The summed E-state index contributed by atoms with van der Waals surface area (Å²) in [6, 6.07) is 8.56. The van der Waals surface area contributed by atoms with Gasteiger partial charge in [-0.05, 0) is 31.4 Å². The van der Waals surface area contributed by atoms with Gasteiger partial charge in [0.25, 0.3) is 5.91 Å². The fraction of sp³-hybridized carbons (Fsp3) is 0.353. The number of nitrogens with one attached hydrogen (secondary N) is 1. The average Bonchev–Trinajstić information content (AvgIpc) is 2.85. The van der Waals surface area contributed by atoms with E-state index in [9.17, 15) is 14.4 Å². The molecular formula is C17H20N2O4S. The summed E-state index contributed by atoms with van der Waals surface area (Å²) in [5.41, 5.74) is 1.80. The third-order valence-electron chi connectivity index (χ3n) is 3.47. The summed E-state index contributed by atoms with van der Waals surface area (Å²) in [4.78, 5) is 36.9. The molecule has 1 aromatic rings. The molecule has 1 aromatic carbocycles. The quantitative estimate of drug-likeness (QED) is 0.647. The van der Waals surface area contributed by atoms with Crippen molar-refractivity contribution in [1.82, 2.24) is 9.62 Å². The highest BCUT2D eigenvalue weighted by atomic mass is 32.2. The van der Waals surface area contributed by atoms with E-state index in [1.807, 2.05) is 44.2 Å². The van der Waals surface area contributed by atoms with Crippen LogP contribution in [-0.2, 0) is 25.5 Å². The molecule has 0 aromatic heterocycles. The molecule has 1 unspecified atom stereocenters. The van der Waals surface area contributed by atoms with E-state index in [0.717, 1.165) is 16.0 Å². The first-order chi connectivity index (χ1) is 11.4. The molecule has 1 fully saturated rings. The highest BCUT2D eigenvalue weighted by molar-refractivity contribution is 8.02. The molecule has 7 heteroatoms. The van der Waals surface area contributed by atoms with E-state index in [4.69, 9.17) is 0 Å². The van der Waals surface area contributed by atoms with E-state index >= 15 is 0 Å². The van der Waals surface area contributed by atoms with Gasteiger partial charge >= 0.3 is 5.97 Å². The largest absolute Gasteiger partial charge is 0.468 e. The highest BCUT2D eigenvalue weighted by Gasteiger charge is 2.39. The van der Waals surface area contributed by atoms with E-state index in [2.05, 4.69) is 10.1 Å². The Hall–Kier alpha value is -2.28. The van der Waals surface area contributed by atoms with Gasteiger partial charge in [0, 0.05) is 4.91 Å². The van der Waals surface area contributed by atoms with Crippen molar-refractivity contribution in [3.8, 4) is 0 Å². The minimum absolute atomic E-state index is 0.151. The van der Waals surface area contributed by atoms with Crippen molar-refractivity contribution < 1.29 is 19.1 Å². The number of rotatable bonds is 5. The standard InChI is InChI=1S/C17H20N2O4S/c1-11(2)16-15(17(22)19(24-16)10-14(21)23-3)18-13(20)9-12-7-5-4-6-8-12/h4-8,15H,9-10H2,1-3H3,(H,18,20). The number of benzene rings is 1. The van der Waals surface area contributed by atoms with Gasteiger partial charge in [0.15, 0.2) is 0 Å². The summed E-state index contributed by atoms with van der Waals surface area (Å²) in [5.74, 6) is -1.05. The fourth-order valence-corrected chi connectivity index (χ4v) is 3.32.